The van der Waals surface area contributed by atoms with Gasteiger partial charge in [0, 0.05) is 19.1 Å². The number of carbonyl (C=O) groups excluding carboxylic acids is 1. The standard InChI is InChI=1S/C11H20N2O2/c1-8(12-9-6-10(14)7-9)11(15)13-4-2-3-5-13/h8-10,12,14H,2-7H2,1H3. The van der Waals surface area contributed by atoms with Gasteiger partial charge in [-0.15, -0.1) is 0 Å². The Morgan fingerprint density at radius 3 is 2.53 bits per heavy atom. The molecule has 0 radical (unpaired) electrons. The number of aliphatic hydroxyl groups excluding tert-OH is 1. The lowest BCUT2D eigenvalue weighted by molar-refractivity contribution is -0.132. The van der Waals surface area contributed by atoms with Crippen LogP contribution in [0, 0.1) is 0 Å². The van der Waals surface area contributed by atoms with Gasteiger partial charge in [-0.3, -0.25) is 4.79 Å². The van der Waals surface area contributed by atoms with E-state index in [1.807, 2.05) is 11.8 Å². The first-order valence-corrected chi connectivity index (χ1v) is 5.89. The van der Waals surface area contributed by atoms with Gasteiger partial charge in [0.15, 0.2) is 0 Å². The number of hydrogen-bond donors (Lipinski definition) is 2. The fourth-order valence-electron chi connectivity index (χ4n) is 2.36. The maximum atomic E-state index is 11.9. The monoisotopic (exact) mass is 212 g/mol. The summed E-state index contributed by atoms with van der Waals surface area (Å²) in [6.45, 7) is 3.75. The van der Waals surface area contributed by atoms with Crippen LogP contribution in [-0.4, -0.2) is 47.2 Å². The van der Waals surface area contributed by atoms with Crippen LogP contribution >= 0.6 is 0 Å². The number of nitrogens with one attached hydrogen (secondary N) is 1. The van der Waals surface area contributed by atoms with E-state index in [4.69, 9.17) is 5.11 Å². The Morgan fingerprint density at radius 1 is 1.40 bits per heavy atom. The van der Waals surface area contributed by atoms with E-state index in [0.717, 1.165) is 38.8 Å². The van der Waals surface area contributed by atoms with Crippen molar-refractivity contribution in [3.05, 3.63) is 0 Å². The van der Waals surface area contributed by atoms with Crippen molar-refractivity contribution in [2.45, 2.75) is 50.8 Å². The van der Waals surface area contributed by atoms with Crippen LogP contribution in [0.5, 0.6) is 0 Å². The first-order chi connectivity index (χ1) is 7.16. The van der Waals surface area contributed by atoms with Gasteiger partial charge in [-0.2, -0.15) is 0 Å². The number of rotatable bonds is 3. The van der Waals surface area contributed by atoms with E-state index in [2.05, 4.69) is 5.32 Å². The summed E-state index contributed by atoms with van der Waals surface area (Å²) in [6.07, 6.45) is 3.70. The number of carbonyl (C=O) groups is 1. The molecule has 2 N–H and O–H groups in total. The Labute approximate surface area is 90.6 Å². The minimum absolute atomic E-state index is 0.0967. The summed E-state index contributed by atoms with van der Waals surface area (Å²) in [6, 6.07) is 0.238. The highest BCUT2D eigenvalue weighted by molar-refractivity contribution is 5.81. The molecule has 1 aliphatic heterocycles. The molecule has 2 aliphatic rings. The van der Waals surface area contributed by atoms with Crippen molar-refractivity contribution in [3.63, 3.8) is 0 Å². The zero-order valence-electron chi connectivity index (χ0n) is 9.28. The van der Waals surface area contributed by atoms with Crippen LogP contribution in [0.3, 0.4) is 0 Å². The maximum absolute atomic E-state index is 11.9. The van der Waals surface area contributed by atoms with Gasteiger partial charge in [-0.05, 0) is 32.6 Å². The van der Waals surface area contributed by atoms with E-state index in [-0.39, 0.29) is 18.1 Å². The predicted octanol–water partition coefficient (Wildman–Crippen LogP) is 0.110. The molecular weight excluding hydrogens is 192 g/mol. The van der Waals surface area contributed by atoms with Crippen LogP contribution in [0.15, 0.2) is 0 Å². The average Bonchev–Trinajstić information content (AvgIpc) is 2.66. The van der Waals surface area contributed by atoms with E-state index in [1.165, 1.54) is 0 Å². The molecular formula is C11H20N2O2. The third-order valence-corrected chi connectivity index (χ3v) is 3.39. The van der Waals surface area contributed by atoms with Gasteiger partial charge < -0.3 is 15.3 Å². The second kappa shape index (κ2) is 4.49. The highest BCUT2D eigenvalue weighted by Crippen LogP contribution is 2.20. The molecule has 4 nitrogen and oxygen atoms in total. The molecule has 1 unspecified atom stereocenters. The third kappa shape index (κ3) is 2.49. The van der Waals surface area contributed by atoms with Crippen LogP contribution in [0.1, 0.15) is 32.6 Å². The van der Waals surface area contributed by atoms with E-state index in [9.17, 15) is 4.79 Å². The zero-order chi connectivity index (χ0) is 10.8. The van der Waals surface area contributed by atoms with Crippen molar-refractivity contribution in [1.29, 1.82) is 0 Å². The average molecular weight is 212 g/mol. The Hall–Kier alpha value is -0.610. The number of hydrogen-bond acceptors (Lipinski definition) is 3. The summed E-state index contributed by atoms with van der Waals surface area (Å²) in [4.78, 5) is 13.8. The van der Waals surface area contributed by atoms with E-state index >= 15 is 0 Å². The lowest BCUT2D eigenvalue weighted by atomic mass is 9.89. The Kier molecular flexibility index (Phi) is 3.26. The van der Waals surface area contributed by atoms with E-state index in [1.54, 1.807) is 0 Å². The smallest absolute Gasteiger partial charge is 0.239 e. The normalized spacial score (nSPS) is 32.5. The first-order valence-electron chi connectivity index (χ1n) is 5.89. The number of amides is 1. The molecule has 2 fully saturated rings. The molecule has 1 amide bonds. The van der Waals surface area contributed by atoms with Gasteiger partial charge in [0.05, 0.1) is 12.1 Å². The summed E-state index contributed by atoms with van der Waals surface area (Å²) < 4.78 is 0. The predicted molar refractivity (Wildman–Crippen MR) is 57.4 cm³/mol. The second-order valence-corrected chi connectivity index (χ2v) is 4.74. The summed E-state index contributed by atoms with van der Waals surface area (Å²) in [5.74, 6) is 0.217. The second-order valence-electron chi connectivity index (χ2n) is 4.74. The van der Waals surface area contributed by atoms with Gasteiger partial charge in [0.2, 0.25) is 5.91 Å². The quantitative estimate of drug-likeness (QED) is 0.698. The van der Waals surface area contributed by atoms with Gasteiger partial charge in [0.25, 0.3) is 0 Å². The molecule has 86 valence electrons. The van der Waals surface area contributed by atoms with E-state index < -0.39 is 0 Å². The van der Waals surface area contributed by atoms with Crippen LogP contribution < -0.4 is 5.32 Å². The fraction of sp³-hybridized carbons (Fsp3) is 0.909. The molecule has 0 aromatic rings. The molecule has 1 atom stereocenters. The van der Waals surface area contributed by atoms with Crippen molar-refractivity contribution in [2.75, 3.05) is 13.1 Å². The molecule has 2 rings (SSSR count). The van der Waals surface area contributed by atoms with Gasteiger partial charge in [-0.1, -0.05) is 0 Å². The SMILES string of the molecule is CC(NC1CC(O)C1)C(=O)N1CCCC1. The molecule has 1 aliphatic carbocycles. The van der Waals surface area contributed by atoms with Gasteiger partial charge in [-0.25, -0.2) is 0 Å². The van der Waals surface area contributed by atoms with Crippen molar-refractivity contribution in [3.8, 4) is 0 Å². The van der Waals surface area contributed by atoms with Crippen molar-refractivity contribution in [2.24, 2.45) is 0 Å². The molecule has 1 heterocycles. The van der Waals surface area contributed by atoms with Crippen molar-refractivity contribution < 1.29 is 9.90 Å². The molecule has 15 heavy (non-hydrogen) atoms. The van der Waals surface area contributed by atoms with Crippen LogP contribution in [0.2, 0.25) is 0 Å². The number of nitrogens with zero attached hydrogens (tertiary/aromatic N) is 1. The topological polar surface area (TPSA) is 52.6 Å². The Balaban J connectivity index is 1.74. The third-order valence-electron chi connectivity index (χ3n) is 3.39. The molecule has 1 saturated carbocycles. The first kappa shape index (κ1) is 10.9. The number of aliphatic hydroxyl groups is 1. The minimum Gasteiger partial charge on any atom is -0.393 e. The maximum Gasteiger partial charge on any atom is 0.239 e. The lowest BCUT2D eigenvalue weighted by Gasteiger charge is -2.35. The highest BCUT2D eigenvalue weighted by atomic mass is 16.3. The van der Waals surface area contributed by atoms with Crippen LogP contribution in [-0.2, 0) is 4.79 Å². The van der Waals surface area contributed by atoms with Crippen LogP contribution in [0.4, 0.5) is 0 Å². The molecule has 4 heteroatoms. The molecule has 0 aromatic carbocycles. The largest absolute Gasteiger partial charge is 0.393 e. The summed E-state index contributed by atoms with van der Waals surface area (Å²) in [5, 5.41) is 12.4. The molecule has 0 spiro atoms. The molecule has 0 bridgehead atoms. The lowest BCUT2D eigenvalue weighted by Crippen LogP contribution is -2.52. The summed E-state index contributed by atoms with van der Waals surface area (Å²) >= 11 is 0. The van der Waals surface area contributed by atoms with Crippen LogP contribution in [0.25, 0.3) is 0 Å². The van der Waals surface area contributed by atoms with E-state index in [0.29, 0.717) is 6.04 Å². The number of likely N-dealkylation sites (tertiary alicyclic amines) is 1. The Morgan fingerprint density at radius 2 is 2.00 bits per heavy atom. The zero-order valence-corrected chi connectivity index (χ0v) is 9.28. The van der Waals surface area contributed by atoms with Crippen molar-refractivity contribution >= 4 is 5.91 Å². The van der Waals surface area contributed by atoms with Crippen molar-refractivity contribution in [1.82, 2.24) is 10.2 Å². The fourth-order valence-corrected chi connectivity index (χ4v) is 2.36. The summed E-state index contributed by atoms with van der Waals surface area (Å²) in [5.41, 5.74) is 0. The van der Waals surface area contributed by atoms with Gasteiger partial charge >= 0.3 is 0 Å². The Bertz CT molecular complexity index is 233. The molecule has 1 saturated heterocycles. The summed E-state index contributed by atoms with van der Waals surface area (Å²) in [7, 11) is 0. The molecule has 0 aromatic heterocycles. The minimum atomic E-state index is -0.156. The van der Waals surface area contributed by atoms with Gasteiger partial charge in [0.1, 0.15) is 0 Å². The highest BCUT2D eigenvalue weighted by Gasteiger charge is 2.31.